The first-order valence-electron chi connectivity index (χ1n) is 13.8. The average Bonchev–Trinajstić information content (AvgIpc) is 3.37. The van der Waals surface area contributed by atoms with Crippen LogP contribution >= 0.6 is 0 Å². The highest BCUT2D eigenvalue weighted by molar-refractivity contribution is 5.79. The lowest BCUT2D eigenvalue weighted by Crippen LogP contribution is -2.53. The maximum atomic E-state index is 12.4. The Bertz CT molecular complexity index is 1240. The van der Waals surface area contributed by atoms with Gasteiger partial charge in [-0.25, -0.2) is 9.31 Å². The SMILES string of the molecule is COC1(c2ccc(-c3cc4c(N5CCN(C(=O)NC(C)C)CC5)ccnn4c3)nc2)CCN(C(C)C)CC1. The van der Waals surface area contributed by atoms with Gasteiger partial charge in [0.15, 0.2) is 0 Å². The number of piperazine rings is 1. The Morgan fingerprint density at radius 2 is 1.76 bits per heavy atom. The molecular weight excluding hydrogens is 478 g/mol. The number of carbonyl (C=O) groups excluding carboxylic acids is 1. The molecule has 3 aromatic heterocycles. The van der Waals surface area contributed by atoms with Gasteiger partial charge in [0.2, 0.25) is 0 Å². The molecule has 0 atom stereocenters. The van der Waals surface area contributed by atoms with Crippen LogP contribution in [0.3, 0.4) is 0 Å². The molecule has 2 saturated heterocycles. The smallest absolute Gasteiger partial charge is 0.317 e. The van der Waals surface area contributed by atoms with Gasteiger partial charge >= 0.3 is 6.03 Å². The molecule has 9 nitrogen and oxygen atoms in total. The molecular formula is C29H41N7O2. The van der Waals surface area contributed by atoms with E-state index in [1.165, 1.54) is 0 Å². The number of hydrogen-bond donors (Lipinski definition) is 1. The minimum absolute atomic E-state index is 0.0137. The van der Waals surface area contributed by atoms with Gasteiger partial charge in [-0.3, -0.25) is 4.98 Å². The molecule has 0 bridgehead atoms. The van der Waals surface area contributed by atoms with Crippen molar-refractivity contribution in [3.8, 4) is 11.3 Å². The van der Waals surface area contributed by atoms with Crippen molar-refractivity contribution < 1.29 is 9.53 Å². The molecule has 0 radical (unpaired) electrons. The molecule has 3 aromatic rings. The quantitative estimate of drug-likeness (QED) is 0.531. The number of nitrogens with zero attached hydrogens (tertiary/aromatic N) is 6. The molecule has 0 aromatic carbocycles. The number of carbonyl (C=O) groups is 1. The molecule has 204 valence electrons. The zero-order valence-electron chi connectivity index (χ0n) is 23.4. The molecule has 2 fully saturated rings. The lowest BCUT2D eigenvalue weighted by Gasteiger charge is -2.42. The summed E-state index contributed by atoms with van der Waals surface area (Å²) in [5.74, 6) is 0. The summed E-state index contributed by atoms with van der Waals surface area (Å²) in [7, 11) is 1.82. The van der Waals surface area contributed by atoms with Crippen LogP contribution in [-0.4, -0.2) is 88.9 Å². The second kappa shape index (κ2) is 10.9. The topological polar surface area (TPSA) is 78.2 Å². The largest absolute Gasteiger partial charge is 0.373 e. The van der Waals surface area contributed by atoms with E-state index in [1.807, 2.05) is 49.0 Å². The summed E-state index contributed by atoms with van der Waals surface area (Å²) in [6, 6.07) is 9.21. The number of methoxy groups -OCH3 is 1. The second-order valence-electron chi connectivity index (χ2n) is 11.1. The molecule has 0 saturated carbocycles. The van der Waals surface area contributed by atoms with Crippen molar-refractivity contribution in [1.29, 1.82) is 0 Å². The second-order valence-corrected chi connectivity index (χ2v) is 11.1. The summed E-state index contributed by atoms with van der Waals surface area (Å²) in [5, 5.41) is 7.55. The molecule has 38 heavy (non-hydrogen) atoms. The third-order valence-electron chi connectivity index (χ3n) is 8.12. The van der Waals surface area contributed by atoms with Crippen LogP contribution in [0.15, 0.2) is 42.9 Å². The summed E-state index contributed by atoms with van der Waals surface area (Å²) in [5.41, 5.74) is 5.00. The fourth-order valence-electron chi connectivity index (χ4n) is 5.74. The van der Waals surface area contributed by atoms with Gasteiger partial charge < -0.3 is 24.8 Å². The Hall–Kier alpha value is -3.17. The monoisotopic (exact) mass is 519 g/mol. The van der Waals surface area contributed by atoms with Crippen LogP contribution in [-0.2, 0) is 10.3 Å². The Morgan fingerprint density at radius 3 is 2.37 bits per heavy atom. The first kappa shape index (κ1) is 26.4. The average molecular weight is 520 g/mol. The summed E-state index contributed by atoms with van der Waals surface area (Å²) >= 11 is 0. The van der Waals surface area contributed by atoms with E-state index >= 15 is 0 Å². The van der Waals surface area contributed by atoms with Gasteiger partial charge in [0.25, 0.3) is 0 Å². The van der Waals surface area contributed by atoms with Crippen LogP contribution < -0.4 is 10.2 Å². The van der Waals surface area contributed by atoms with Crippen LogP contribution in [0.25, 0.3) is 16.8 Å². The fourth-order valence-corrected chi connectivity index (χ4v) is 5.74. The number of amides is 2. The molecule has 5 rings (SSSR count). The van der Waals surface area contributed by atoms with Gasteiger partial charge in [0.05, 0.1) is 22.5 Å². The van der Waals surface area contributed by atoms with Gasteiger partial charge in [-0.1, -0.05) is 6.07 Å². The van der Waals surface area contributed by atoms with Gasteiger partial charge in [-0.05, 0) is 58.7 Å². The van der Waals surface area contributed by atoms with E-state index in [4.69, 9.17) is 9.72 Å². The standard InChI is InChI=1S/C29H41N7O2/c1-21(2)32-28(37)35-16-14-34(15-17-35)26-8-11-31-36-20-23(18-27(26)36)25-7-6-24(19-30-25)29(38-5)9-12-33(13-10-29)22(3)4/h6-8,11,18-22H,9-10,12-17H2,1-5H3,(H,32,37). The van der Waals surface area contributed by atoms with E-state index in [-0.39, 0.29) is 17.7 Å². The molecule has 2 aliphatic rings. The summed E-state index contributed by atoms with van der Waals surface area (Å²) in [6.07, 6.45) is 7.81. The number of likely N-dealkylation sites (tertiary alicyclic amines) is 1. The van der Waals surface area contributed by atoms with E-state index in [9.17, 15) is 4.79 Å². The van der Waals surface area contributed by atoms with E-state index in [0.29, 0.717) is 19.1 Å². The summed E-state index contributed by atoms with van der Waals surface area (Å²) in [4.78, 5) is 24.0. The Kier molecular flexibility index (Phi) is 7.59. The van der Waals surface area contributed by atoms with Crippen LogP contribution in [0, 0.1) is 0 Å². The first-order valence-corrected chi connectivity index (χ1v) is 13.8. The van der Waals surface area contributed by atoms with E-state index in [2.05, 4.69) is 58.3 Å². The highest BCUT2D eigenvalue weighted by Crippen LogP contribution is 2.37. The molecule has 9 heteroatoms. The predicted molar refractivity (Wildman–Crippen MR) is 151 cm³/mol. The van der Waals surface area contributed by atoms with Crippen molar-refractivity contribution in [2.24, 2.45) is 0 Å². The molecule has 2 amide bonds. The zero-order chi connectivity index (χ0) is 26.9. The molecule has 0 aliphatic carbocycles. The number of urea groups is 1. The van der Waals surface area contributed by atoms with E-state index in [1.54, 1.807) is 0 Å². The minimum atomic E-state index is -0.272. The molecule has 0 spiro atoms. The normalized spacial score (nSPS) is 18.5. The van der Waals surface area contributed by atoms with Crippen molar-refractivity contribution in [3.05, 3.63) is 48.4 Å². The maximum absolute atomic E-state index is 12.4. The van der Waals surface area contributed by atoms with Crippen molar-refractivity contribution in [1.82, 2.24) is 29.7 Å². The van der Waals surface area contributed by atoms with Crippen molar-refractivity contribution in [2.75, 3.05) is 51.3 Å². The van der Waals surface area contributed by atoms with Gasteiger partial charge in [-0.2, -0.15) is 5.10 Å². The predicted octanol–water partition coefficient (Wildman–Crippen LogP) is 3.98. The lowest BCUT2D eigenvalue weighted by molar-refractivity contribution is -0.0671. The number of fused-ring (bicyclic) bond motifs is 1. The lowest BCUT2D eigenvalue weighted by atomic mass is 9.84. The number of ether oxygens (including phenoxy) is 1. The maximum Gasteiger partial charge on any atom is 0.317 e. The highest BCUT2D eigenvalue weighted by atomic mass is 16.5. The number of pyridine rings is 1. The van der Waals surface area contributed by atoms with E-state index < -0.39 is 0 Å². The zero-order valence-corrected chi connectivity index (χ0v) is 23.4. The first-order chi connectivity index (χ1) is 18.3. The number of hydrogen-bond acceptors (Lipinski definition) is 6. The Balaban J connectivity index is 1.32. The van der Waals surface area contributed by atoms with Crippen LogP contribution in [0.4, 0.5) is 10.5 Å². The molecule has 5 heterocycles. The highest BCUT2D eigenvalue weighted by Gasteiger charge is 2.37. The van der Waals surface area contributed by atoms with Crippen molar-refractivity contribution in [3.63, 3.8) is 0 Å². The fraction of sp³-hybridized carbons (Fsp3) is 0.552. The number of nitrogens with one attached hydrogen (secondary N) is 1. The molecule has 0 unspecified atom stereocenters. The van der Waals surface area contributed by atoms with Crippen molar-refractivity contribution in [2.45, 2.75) is 58.2 Å². The van der Waals surface area contributed by atoms with Crippen molar-refractivity contribution >= 4 is 17.2 Å². The summed E-state index contributed by atoms with van der Waals surface area (Å²) in [6.45, 7) is 13.5. The van der Waals surface area contributed by atoms with Crippen LogP contribution in [0.5, 0.6) is 0 Å². The Morgan fingerprint density at radius 1 is 1.03 bits per heavy atom. The molecule has 1 N–H and O–H groups in total. The number of anilines is 1. The number of rotatable bonds is 6. The minimum Gasteiger partial charge on any atom is -0.373 e. The number of aromatic nitrogens is 3. The van der Waals surface area contributed by atoms with Crippen LogP contribution in [0.2, 0.25) is 0 Å². The van der Waals surface area contributed by atoms with E-state index in [0.717, 1.165) is 67.0 Å². The third kappa shape index (κ3) is 5.22. The third-order valence-corrected chi connectivity index (χ3v) is 8.12. The summed E-state index contributed by atoms with van der Waals surface area (Å²) < 4.78 is 8.02. The Labute approximate surface area is 225 Å². The van der Waals surface area contributed by atoms with Gasteiger partial charge in [0.1, 0.15) is 0 Å². The molecule has 2 aliphatic heterocycles. The van der Waals surface area contributed by atoms with Gasteiger partial charge in [0, 0.05) is 88.2 Å². The van der Waals surface area contributed by atoms with Crippen LogP contribution in [0.1, 0.15) is 46.1 Å². The number of piperidine rings is 1. The van der Waals surface area contributed by atoms with Gasteiger partial charge in [-0.15, -0.1) is 0 Å².